The van der Waals surface area contributed by atoms with Crippen LogP contribution in [0.4, 0.5) is 0 Å². The van der Waals surface area contributed by atoms with Gasteiger partial charge in [-0.3, -0.25) is 9.69 Å². The first-order valence-corrected chi connectivity index (χ1v) is 10.5. The van der Waals surface area contributed by atoms with Gasteiger partial charge in [-0.25, -0.2) is 4.79 Å². The molecule has 0 unspecified atom stereocenters. The molecule has 10 nitrogen and oxygen atoms in total. The molecule has 30 heavy (non-hydrogen) atoms. The molecular formula is C20H33N5O5. The van der Waals surface area contributed by atoms with Crippen molar-refractivity contribution in [2.24, 2.45) is 11.0 Å². The summed E-state index contributed by atoms with van der Waals surface area (Å²) in [5.41, 5.74) is 9.53. The number of likely N-dealkylation sites (tertiary alicyclic amines) is 1. The van der Waals surface area contributed by atoms with Gasteiger partial charge in [0, 0.05) is 37.1 Å². The highest BCUT2D eigenvalue weighted by atomic mass is 16.5. The molecule has 1 N–H and O–H groups in total. The molecule has 2 rings (SSSR count). The summed E-state index contributed by atoms with van der Waals surface area (Å²) in [5, 5.41) is 6.84. The van der Waals surface area contributed by atoms with E-state index >= 15 is 0 Å². The lowest BCUT2D eigenvalue weighted by Gasteiger charge is -2.44. The average molecular weight is 424 g/mol. The van der Waals surface area contributed by atoms with E-state index in [-0.39, 0.29) is 25.0 Å². The van der Waals surface area contributed by atoms with Gasteiger partial charge in [-0.05, 0) is 44.2 Å². The van der Waals surface area contributed by atoms with E-state index in [4.69, 9.17) is 19.7 Å². The molecule has 1 aliphatic carbocycles. The molecule has 1 aliphatic heterocycles. The second-order valence-corrected chi connectivity index (χ2v) is 7.68. The average Bonchev–Trinajstić information content (AvgIpc) is 2.72. The van der Waals surface area contributed by atoms with Crippen LogP contribution in [0, 0.1) is 5.92 Å². The van der Waals surface area contributed by atoms with Crippen molar-refractivity contribution in [1.29, 1.82) is 0 Å². The number of rotatable bonds is 10. The Morgan fingerprint density at radius 2 is 2.20 bits per heavy atom. The monoisotopic (exact) mass is 423 g/mol. The van der Waals surface area contributed by atoms with E-state index in [2.05, 4.69) is 20.2 Å². The minimum atomic E-state index is -0.563. The highest BCUT2D eigenvalue weighted by Crippen LogP contribution is 2.29. The highest BCUT2D eigenvalue weighted by molar-refractivity contribution is 5.89. The lowest BCUT2D eigenvalue weighted by molar-refractivity contribution is -0.138. The molecule has 1 heterocycles. The Balaban J connectivity index is 2.22. The van der Waals surface area contributed by atoms with Crippen molar-refractivity contribution in [2.75, 3.05) is 46.6 Å². The summed E-state index contributed by atoms with van der Waals surface area (Å²) >= 11 is 0. The minimum Gasteiger partial charge on any atom is -0.463 e. The number of carbonyl (C=O) groups is 2. The van der Waals surface area contributed by atoms with Crippen LogP contribution in [0.1, 0.15) is 33.1 Å². The van der Waals surface area contributed by atoms with E-state index < -0.39 is 18.1 Å². The summed E-state index contributed by atoms with van der Waals surface area (Å²) in [6, 6.07) is -1.24. The molecule has 0 bridgehead atoms. The Labute approximate surface area is 177 Å². The number of hydrogen-bond acceptors (Lipinski definition) is 7. The molecule has 0 radical (unpaired) electrons. The van der Waals surface area contributed by atoms with Gasteiger partial charge in [0.15, 0.2) is 0 Å². The summed E-state index contributed by atoms with van der Waals surface area (Å²) in [6.07, 6.45) is 4.14. The van der Waals surface area contributed by atoms with Crippen LogP contribution in [0.25, 0.3) is 10.4 Å². The van der Waals surface area contributed by atoms with Gasteiger partial charge in [-0.1, -0.05) is 11.2 Å². The number of esters is 1. The maximum atomic E-state index is 12.4. The molecule has 2 aliphatic rings. The van der Waals surface area contributed by atoms with Crippen molar-refractivity contribution >= 4 is 11.9 Å². The first-order valence-electron chi connectivity index (χ1n) is 10.5. The molecule has 10 heteroatoms. The van der Waals surface area contributed by atoms with E-state index in [1.54, 1.807) is 14.0 Å². The van der Waals surface area contributed by atoms with E-state index in [0.29, 0.717) is 31.3 Å². The van der Waals surface area contributed by atoms with Gasteiger partial charge in [0.05, 0.1) is 38.5 Å². The fourth-order valence-electron chi connectivity index (χ4n) is 4.16. The summed E-state index contributed by atoms with van der Waals surface area (Å²) < 4.78 is 15.9. The summed E-state index contributed by atoms with van der Waals surface area (Å²) in [7, 11) is 1.64. The molecule has 0 aromatic rings. The van der Waals surface area contributed by atoms with Crippen molar-refractivity contribution in [3.63, 3.8) is 0 Å². The van der Waals surface area contributed by atoms with Crippen LogP contribution >= 0.6 is 0 Å². The molecular weight excluding hydrogens is 390 g/mol. The zero-order valence-corrected chi connectivity index (χ0v) is 18.1. The number of methoxy groups -OCH3 is 1. The predicted octanol–water partition coefficient (Wildman–Crippen LogP) is 1.81. The van der Waals surface area contributed by atoms with Crippen molar-refractivity contribution in [1.82, 2.24) is 10.2 Å². The van der Waals surface area contributed by atoms with Gasteiger partial charge in [0.25, 0.3) is 0 Å². The van der Waals surface area contributed by atoms with Crippen LogP contribution < -0.4 is 5.32 Å². The molecule has 1 saturated heterocycles. The molecule has 0 saturated carbocycles. The SMILES string of the molecule is CCOC(=O)C1=C[C@@H](N2CCC[C@@H](COCCOC)C2)[C@H](NC(C)=O)[C@@H](N=[N+]=[N-])C1. The number of nitrogens with one attached hydrogen (secondary N) is 1. The quantitative estimate of drug-likeness (QED) is 0.188. The van der Waals surface area contributed by atoms with Crippen LogP contribution in [0.2, 0.25) is 0 Å². The van der Waals surface area contributed by atoms with Crippen LogP contribution in [-0.4, -0.2) is 81.5 Å². The Morgan fingerprint density at radius 3 is 2.87 bits per heavy atom. The lowest BCUT2D eigenvalue weighted by atomic mass is 9.84. The standard InChI is InChI=1S/C20H33N5O5/c1-4-30-20(27)16-10-17(23-24-21)19(22-14(2)26)18(11-16)25-7-5-6-15(12-25)13-29-9-8-28-3/h11,15,17-19H,4-10,12-13H2,1-3H3,(H,22,26)/t15-,17+,18-,19-/m1/s1. The lowest BCUT2D eigenvalue weighted by Crippen LogP contribution is -2.59. The second kappa shape index (κ2) is 12.5. The molecule has 0 aromatic carbocycles. The van der Waals surface area contributed by atoms with Crippen molar-refractivity contribution in [3.05, 3.63) is 22.1 Å². The van der Waals surface area contributed by atoms with Crippen LogP contribution in [-0.2, 0) is 23.8 Å². The minimum absolute atomic E-state index is 0.201. The molecule has 4 atom stereocenters. The zero-order valence-electron chi connectivity index (χ0n) is 18.1. The van der Waals surface area contributed by atoms with Crippen LogP contribution in [0.5, 0.6) is 0 Å². The third kappa shape index (κ3) is 6.98. The second-order valence-electron chi connectivity index (χ2n) is 7.68. The maximum absolute atomic E-state index is 12.4. The number of carbonyl (C=O) groups excluding carboxylic acids is 2. The van der Waals surface area contributed by atoms with Gasteiger partial charge < -0.3 is 19.5 Å². The summed E-state index contributed by atoms with van der Waals surface area (Å²) in [5.74, 6) is -0.265. The fourth-order valence-corrected chi connectivity index (χ4v) is 4.16. The normalized spacial score (nSPS) is 27.0. The van der Waals surface area contributed by atoms with E-state index in [0.717, 1.165) is 25.9 Å². The third-order valence-corrected chi connectivity index (χ3v) is 5.45. The zero-order chi connectivity index (χ0) is 21.9. The smallest absolute Gasteiger partial charge is 0.333 e. The number of azide groups is 1. The number of nitrogens with zero attached hydrogens (tertiary/aromatic N) is 4. The topological polar surface area (TPSA) is 126 Å². The highest BCUT2D eigenvalue weighted by Gasteiger charge is 2.40. The van der Waals surface area contributed by atoms with E-state index in [1.807, 2.05) is 6.08 Å². The van der Waals surface area contributed by atoms with Gasteiger partial charge in [-0.15, -0.1) is 0 Å². The Morgan fingerprint density at radius 1 is 1.40 bits per heavy atom. The number of ether oxygens (including phenoxy) is 3. The first-order chi connectivity index (χ1) is 14.5. The Bertz CT molecular complexity index is 664. The Kier molecular flexibility index (Phi) is 10.1. The number of amides is 1. The predicted molar refractivity (Wildman–Crippen MR) is 111 cm³/mol. The molecule has 1 fully saturated rings. The molecule has 1 amide bonds. The van der Waals surface area contributed by atoms with Crippen LogP contribution in [0.3, 0.4) is 0 Å². The van der Waals surface area contributed by atoms with E-state index in [9.17, 15) is 9.59 Å². The fraction of sp³-hybridized carbons (Fsp3) is 0.800. The van der Waals surface area contributed by atoms with Crippen molar-refractivity contribution in [2.45, 2.75) is 51.2 Å². The molecule has 0 spiro atoms. The van der Waals surface area contributed by atoms with Gasteiger partial charge >= 0.3 is 5.97 Å². The van der Waals surface area contributed by atoms with Gasteiger partial charge in [0.2, 0.25) is 5.91 Å². The molecule has 168 valence electrons. The van der Waals surface area contributed by atoms with E-state index in [1.165, 1.54) is 6.92 Å². The van der Waals surface area contributed by atoms with Crippen molar-refractivity contribution in [3.8, 4) is 0 Å². The summed E-state index contributed by atoms with van der Waals surface area (Å²) in [4.78, 5) is 29.5. The van der Waals surface area contributed by atoms with Gasteiger partial charge in [0.1, 0.15) is 0 Å². The molecule has 0 aromatic heterocycles. The van der Waals surface area contributed by atoms with Gasteiger partial charge in [-0.2, -0.15) is 0 Å². The Hall–Kier alpha value is -2.13. The number of hydrogen-bond donors (Lipinski definition) is 1. The largest absolute Gasteiger partial charge is 0.463 e. The third-order valence-electron chi connectivity index (χ3n) is 5.45. The van der Waals surface area contributed by atoms with Crippen molar-refractivity contribution < 1.29 is 23.8 Å². The summed E-state index contributed by atoms with van der Waals surface area (Å²) in [6.45, 7) is 6.80. The van der Waals surface area contributed by atoms with Crippen LogP contribution in [0.15, 0.2) is 16.8 Å². The maximum Gasteiger partial charge on any atom is 0.333 e. The number of piperidine rings is 1. The first kappa shape index (κ1) is 24.1.